The van der Waals surface area contributed by atoms with Crippen LogP contribution in [0.4, 0.5) is 5.88 Å². The Bertz CT molecular complexity index is 562. The van der Waals surface area contributed by atoms with Gasteiger partial charge in [-0.2, -0.15) is 0 Å². The van der Waals surface area contributed by atoms with Crippen LogP contribution in [0.5, 0.6) is 0 Å². The van der Waals surface area contributed by atoms with Gasteiger partial charge < -0.3 is 9.63 Å². The van der Waals surface area contributed by atoms with Crippen LogP contribution in [0.25, 0.3) is 11.3 Å². The molecular weight excluding hydrogens is 236 g/mol. The van der Waals surface area contributed by atoms with Crippen molar-refractivity contribution in [3.8, 4) is 11.3 Å². The molecule has 0 spiro atoms. The minimum Gasteiger partial charge on any atom is -0.481 e. The van der Waals surface area contributed by atoms with Crippen LogP contribution in [0.15, 0.2) is 40.9 Å². The first kappa shape index (κ1) is 11.8. The molecule has 6 nitrogen and oxygen atoms in total. The first-order chi connectivity index (χ1) is 8.65. The van der Waals surface area contributed by atoms with Gasteiger partial charge in [0.25, 0.3) is 0 Å². The third-order valence-corrected chi connectivity index (χ3v) is 2.15. The zero-order chi connectivity index (χ0) is 13.0. The predicted octanol–water partition coefficient (Wildman–Crippen LogP) is 1.75. The van der Waals surface area contributed by atoms with Gasteiger partial charge in [0.15, 0.2) is 0 Å². The van der Waals surface area contributed by atoms with Gasteiger partial charge in [-0.3, -0.25) is 14.9 Å². The van der Waals surface area contributed by atoms with Gasteiger partial charge in [0.2, 0.25) is 11.8 Å². The van der Waals surface area contributed by atoms with Crippen molar-refractivity contribution >= 4 is 17.8 Å². The molecule has 1 aromatic carbocycles. The van der Waals surface area contributed by atoms with Crippen molar-refractivity contribution < 1.29 is 19.2 Å². The van der Waals surface area contributed by atoms with Crippen LogP contribution < -0.4 is 5.32 Å². The molecule has 92 valence electrons. The summed E-state index contributed by atoms with van der Waals surface area (Å²) in [7, 11) is 0. The number of nitrogens with zero attached hydrogens (tertiary/aromatic N) is 1. The van der Waals surface area contributed by atoms with E-state index in [1.807, 2.05) is 30.3 Å². The molecule has 2 N–H and O–H groups in total. The molecule has 0 aliphatic rings. The number of hydrogen-bond acceptors (Lipinski definition) is 4. The number of hydrogen-bond donors (Lipinski definition) is 2. The second-order valence-electron chi connectivity index (χ2n) is 3.56. The summed E-state index contributed by atoms with van der Waals surface area (Å²) >= 11 is 0. The Morgan fingerprint density at radius 2 is 2.00 bits per heavy atom. The fraction of sp³-hybridized carbons (Fsp3) is 0.0833. The van der Waals surface area contributed by atoms with E-state index in [9.17, 15) is 9.59 Å². The lowest BCUT2D eigenvalue weighted by Gasteiger charge is -1.96. The maximum atomic E-state index is 11.2. The molecule has 0 aliphatic carbocycles. The molecule has 6 heteroatoms. The van der Waals surface area contributed by atoms with Gasteiger partial charge in [0.05, 0.1) is 0 Å². The summed E-state index contributed by atoms with van der Waals surface area (Å²) in [6.07, 6.45) is -0.610. The van der Waals surface area contributed by atoms with Gasteiger partial charge in [-0.15, -0.1) is 0 Å². The molecule has 1 heterocycles. The van der Waals surface area contributed by atoms with Crippen LogP contribution in [0.2, 0.25) is 0 Å². The largest absolute Gasteiger partial charge is 0.481 e. The Morgan fingerprint density at radius 1 is 1.28 bits per heavy atom. The molecule has 0 fully saturated rings. The monoisotopic (exact) mass is 246 g/mol. The maximum Gasteiger partial charge on any atom is 0.312 e. The number of aromatic nitrogens is 1. The van der Waals surface area contributed by atoms with E-state index in [0.29, 0.717) is 5.69 Å². The Hall–Kier alpha value is -2.63. The molecule has 0 atom stereocenters. The molecule has 2 aromatic rings. The number of carboxylic acid groups (broad SMARTS) is 1. The smallest absolute Gasteiger partial charge is 0.312 e. The Labute approximate surface area is 102 Å². The van der Waals surface area contributed by atoms with E-state index >= 15 is 0 Å². The fourth-order valence-corrected chi connectivity index (χ4v) is 1.40. The topological polar surface area (TPSA) is 92.4 Å². The van der Waals surface area contributed by atoms with E-state index in [2.05, 4.69) is 10.5 Å². The first-order valence-corrected chi connectivity index (χ1v) is 5.19. The van der Waals surface area contributed by atoms with Gasteiger partial charge in [-0.05, 0) is 0 Å². The highest BCUT2D eigenvalue weighted by Gasteiger charge is 2.11. The summed E-state index contributed by atoms with van der Waals surface area (Å²) in [6.45, 7) is 0. The number of carbonyl (C=O) groups excluding carboxylic acids is 1. The van der Waals surface area contributed by atoms with E-state index in [1.165, 1.54) is 6.07 Å². The molecule has 0 aliphatic heterocycles. The number of nitrogens with one attached hydrogen (secondary N) is 1. The number of carbonyl (C=O) groups is 2. The van der Waals surface area contributed by atoms with Crippen molar-refractivity contribution in [2.75, 3.05) is 5.32 Å². The van der Waals surface area contributed by atoms with E-state index in [4.69, 9.17) is 9.63 Å². The molecule has 0 saturated heterocycles. The summed E-state index contributed by atoms with van der Waals surface area (Å²) in [5, 5.41) is 14.5. The average molecular weight is 246 g/mol. The number of benzene rings is 1. The highest BCUT2D eigenvalue weighted by Crippen LogP contribution is 2.21. The third kappa shape index (κ3) is 2.94. The van der Waals surface area contributed by atoms with Crippen LogP contribution >= 0.6 is 0 Å². The highest BCUT2D eigenvalue weighted by atomic mass is 16.5. The standard InChI is InChI=1S/C12H10N2O4/c15-10(7-12(16)17)13-11-6-9(14-18-11)8-4-2-1-3-5-8/h1-6H,7H2,(H,13,15)(H,16,17). The molecule has 2 rings (SSSR count). The number of anilines is 1. The molecule has 18 heavy (non-hydrogen) atoms. The molecule has 0 radical (unpaired) electrons. The lowest BCUT2D eigenvalue weighted by Crippen LogP contribution is -2.15. The van der Waals surface area contributed by atoms with Crippen molar-refractivity contribution in [2.45, 2.75) is 6.42 Å². The zero-order valence-corrected chi connectivity index (χ0v) is 9.29. The molecule has 0 unspecified atom stereocenters. The van der Waals surface area contributed by atoms with Gasteiger partial charge >= 0.3 is 5.97 Å². The second-order valence-corrected chi connectivity index (χ2v) is 3.56. The number of rotatable bonds is 4. The van der Waals surface area contributed by atoms with Gasteiger partial charge in [0.1, 0.15) is 12.1 Å². The molecule has 1 amide bonds. The SMILES string of the molecule is O=C(O)CC(=O)Nc1cc(-c2ccccc2)no1. The normalized spacial score (nSPS) is 10.0. The summed E-state index contributed by atoms with van der Waals surface area (Å²) in [5.74, 6) is -1.73. The van der Waals surface area contributed by atoms with E-state index in [1.54, 1.807) is 0 Å². The van der Waals surface area contributed by atoms with Crippen LogP contribution in [0, 0.1) is 0 Å². The van der Waals surface area contributed by atoms with Crippen molar-refractivity contribution in [2.24, 2.45) is 0 Å². The quantitative estimate of drug-likeness (QED) is 0.802. The molecular formula is C12H10N2O4. The highest BCUT2D eigenvalue weighted by molar-refractivity contribution is 6.00. The van der Waals surface area contributed by atoms with Gasteiger partial charge in [-0.25, -0.2) is 0 Å². The van der Waals surface area contributed by atoms with Crippen molar-refractivity contribution in [3.63, 3.8) is 0 Å². The summed E-state index contributed by atoms with van der Waals surface area (Å²) in [4.78, 5) is 21.5. The number of carboxylic acids is 1. The minimum absolute atomic E-state index is 0.125. The average Bonchev–Trinajstić information content (AvgIpc) is 2.77. The fourth-order valence-electron chi connectivity index (χ4n) is 1.40. The van der Waals surface area contributed by atoms with Crippen molar-refractivity contribution in [1.82, 2.24) is 5.16 Å². The zero-order valence-electron chi connectivity index (χ0n) is 9.29. The van der Waals surface area contributed by atoms with Crippen LogP contribution in [0.3, 0.4) is 0 Å². The third-order valence-electron chi connectivity index (χ3n) is 2.15. The van der Waals surface area contributed by atoms with Gasteiger partial charge in [-0.1, -0.05) is 35.5 Å². The predicted molar refractivity (Wildman–Crippen MR) is 62.8 cm³/mol. The summed E-state index contributed by atoms with van der Waals surface area (Å²) in [5.41, 5.74) is 1.42. The Kier molecular flexibility index (Phi) is 3.38. The first-order valence-electron chi connectivity index (χ1n) is 5.19. The molecule has 0 bridgehead atoms. The Morgan fingerprint density at radius 3 is 2.67 bits per heavy atom. The molecule has 0 saturated carbocycles. The number of aliphatic carboxylic acids is 1. The second kappa shape index (κ2) is 5.13. The van der Waals surface area contributed by atoms with E-state index < -0.39 is 18.3 Å². The summed E-state index contributed by atoms with van der Waals surface area (Å²) < 4.78 is 4.90. The Balaban J connectivity index is 2.07. The number of amides is 1. The minimum atomic E-state index is -1.20. The summed E-state index contributed by atoms with van der Waals surface area (Å²) in [6, 6.07) is 10.8. The lowest BCUT2D eigenvalue weighted by atomic mass is 10.2. The van der Waals surface area contributed by atoms with E-state index in [0.717, 1.165) is 5.56 Å². The van der Waals surface area contributed by atoms with Crippen molar-refractivity contribution in [1.29, 1.82) is 0 Å². The van der Waals surface area contributed by atoms with Gasteiger partial charge in [0, 0.05) is 11.6 Å². The van der Waals surface area contributed by atoms with Crippen LogP contribution in [-0.4, -0.2) is 22.1 Å². The van der Waals surface area contributed by atoms with Crippen molar-refractivity contribution in [3.05, 3.63) is 36.4 Å². The van der Waals surface area contributed by atoms with Crippen LogP contribution in [0.1, 0.15) is 6.42 Å². The lowest BCUT2D eigenvalue weighted by molar-refractivity contribution is -0.139. The van der Waals surface area contributed by atoms with E-state index in [-0.39, 0.29) is 5.88 Å². The maximum absolute atomic E-state index is 11.2. The molecule has 1 aromatic heterocycles. The van der Waals surface area contributed by atoms with Crippen LogP contribution in [-0.2, 0) is 9.59 Å².